The summed E-state index contributed by atoms with van der Waals surface area (Å²) in [6.07, 6.45) is 3.54. The predicted octanol–water partition coefficient (Wildman–Crippen LogP) is 1.90. The first-order valence-corrected chi connectivity index (χ1v) is 8.56. The summed E-state index contributed by atoms with van der Waals surface area (Å²) in [5.41, 5.74) is 1.28. The molecule has 7 nitrogen and oxygen atoms in total. The van der Waals surface area contributed by atoms with Crippen LogP contribution in [0.2, 0.25) is 0 Å². The summed E-state index contributed by atoms with van der Waals surface area (Å²) in [6, 6.07) is 7.06. The molecule has 126 valence electrons. The van der Waals surface area contributed by atoms with Crippen LogP contribution in [0.4, 0.5) is 11.5 Å². The Balaban J connectivity index is 1.51. The Bertz CT molecular complexity index is 694. The Morgan fingerprint density at radius 3 is 2.50 bits per heavy atom. The van der Waals surface area contributed by atoms with Crippen molar-refractivity contribution in [3.63, 3.8) is 0 Å². The summed E-state index contributed by atoms with van der Waals surface area (Å²) in [6.45, 7) is 3.17. The van der Waals surface area contributed by atoms with E-state index in [4.69, 9.17) is 0 Å². The van der Waals surface area contributed by atoms with Crippen molar-refractivity contribution >= 4 is 35.0 Å². The number of anilines is 2. The van der Waals surface area contributed by atoms with Crippen LogP contribution in [0.3, 0.4) is 0 Å². The van der Waals surface area contributed by atoms with Crippen LogP contribution in [0.5, 0.6) is 0 Å². The normalized spacial score (nSPS) is 15.1. The third kappa shape index (κ3) is 4.08. The first kappa shape index (κ1) is 16.4. The highest BCUT2D eigenvalue weighted by Crippen LogP contribution is 2.18. The number of carbonyl (C=O) groups is 2. The number of amides is 2. The Labute approximate surface area is 144 Å². The molecule has 2 N–H and O–H groups in total. The molecule has 0 bridgehead atoms. The standard InChI is InChI=1S/C16H19N5O2S/c1-11(22)18-13-4-2-12(3-5-13)16(23)19-14-6-8-21(9-7-14)15-10-17-24-20-15/h2-5,10,14H,6-9H2,1H3,(H,18,22)(H,19,23). The number of piperidine rings is 1. The number of benzene rings is 1. The first-order valence-electron chi connectivity index (χ1n) is 7.83. The maximum Gasteiger partial charge on any atom is 0.251 e. The van der Waals surface area contributed by atoms with E-state index in [0.717, 1.165) is 31.7 Å². The molecule has 0 atom stereocenters. The zero-order chi connectivity index (χ0) is 16.9. The molecule has 0 spiro atoms. The fraction of sp³-hybridized carbons (Fsp3) is 0.375. The predicted molar refractivity (Wildman–Crippen MR) is 93.4 cm³/mol. The van der Waals surface area contributed by atoms with Gasteiger partial charge in [0.1, 0.15) is 0 Å². The summed E-state index contributed by atoms with van der Waals surface area (Å²) in [7, 11) is 0. The summed E-state index contributed by atoms with van der Waals surface area (Å²) >= 11 is 1.21. The van der Waals surface area contributed by atoms with Gasteiger partial charge in [0, 0.05) is 37.3 Å². The molecule has 0 unspecified atom stereocenters. The second-order valence-electron chi connectivity index (χ2n) is 5.76. The van der Waals surface area contributed by atoms with Crippen molar-refractivity contribution < 1.29 is 9.59 Å². The van der Waals surface area contributed by atoms with Gasteiger partial charge in [-0.05, 0) is 37.1 Å². The van der Waals surface area contributed by atoms with Crippen LogP contribution >= 0.6 is 11.7 Å². The van der Waals surface area contributed by atoms with Crippen molar-refractivity contribution in [1.29, 1.82) is 0 Å². The molecular formula is C16H19N5O2S. The van der Waals surface area contributed by atoms with E-state index in [0.29, 0.717) is 11.3 Å². The van der Waals surface area contributed by atoms with Crippen LogP contribution in [0.1, 0.15) is 30.1 Å². The van der Waals surface area contributed by atoms with Gasteiger partial charge in [0.05, 0.1) is 17.9 Å². The number of nitrogens with one attached hydrogen (secondary N) is 2. The topological polar surface area (TPSA) is 87.2 Å². The minimum absolute atomic E-state index is 0.0850. The van der Waals surface area contributed by atoms with E-state index in [1.807, 2.05) is 0 Å². The van der Waals surface area contributed by atoms with Crippen LogP contribution in [0.15, 0.2) is 30.5 Å². The third-order valence-electron chi connectivity index (χ3n) is 3.97. The highest BCUT2D eigenvalue weighted by molar-refractivity contribution is 6.99. The Kier molecular flexibility index (Phi) is 5.05. The second-order valence-corrected chi connectivity index (χ2v) is 6.32. The molecule has 8 heteroatoms. The molecule has 3 rings (SSSR count). The van der Waals surface area contributed by atoms with Crippen molar-refractivity contribution in [3.05, 3.63) is 36.0 Å². The zero-order valence-electron chi connectivity index (χ0n) is 13.4. The van der Waals surface area contributed by atoms with Gasteiger partial charge in [-0.25, -0.2) is 0 Å². The molecular weight excluding hydrogens is 326 g/mol. The minimum atomic E-state index is -0.130. The minimum Gasteiger partial charge on any atom is -0.354 e. The smallest absolute Gasteiger partial charge is 0.251 e. The molecule has 0 aliphatic carbocycles. The molecule has 24 heavy (non-hydrogen) atoms. The van der Waals surface area contributed by atoms with Crippen LogP contribution in [-0.2, 0) is 4.79 Å². The van der Waals surface area contributed by atoms with Gasteiger partial charge in [-0.2, -0.15) is 8.75 Å². The lowest BCUT2D eigenvalue weighted by Gasteiger charge is -2.32. The Hall–Kier alpha value is -2.48. The third-order valence-corrected chi connectivity index (χ3v) is 4.44. The molecule has 0 radical (unpaired) electrons. The van der Waals surface area contributed by atoms with Crippen LogP contribution in [0.25, 0.3) is 0 Å². The van der Waals surface area contributed by atoms with Gasteiger partial charge >= 0.3 is 0 Å². The molecule has 2 amide bonds. The maximum atomic E-state index is 12.3. The zero-order valence-corrected chi connectivity index (χ0v) is 14.2. The van der Waals surface area contributed by atoms with Gasteiger partial charge in [-0.3, -0.25) is 9.59 Å². The average Bonchev–Trinajstić information content (AvgIpc) is 3.10. The van der Waals surface area contributed by atoms with Crippen molar-refractivity contribution in [1.82, 2.24) is 14.1 Å². The number of hydrogen-bond acceptors (Lipinski definition) is 6. The van der Waals surface area contributed by atoms with Gasteiger partial charge < -0.3 is 15.5 Å². The van der Waals surface area contributed by atoms with Gasteiger partial charge in [0.15, 0.2) is 5.82 Å². The highest BCUT2D eigenvalue weighted by atomic mass is 32.1. The summed E-state index contributed by atoms with van der Waals surface area (Å²) in [5, 5.41) is 5.76. The van der Waals surface area contributed by atoms with Crippen LogP contribution in [0, 0.1) is 0 Å². The fourth-order valence-electron chi connectivity index (χ4n) is 2.73. The van der Waals surface area contributed by atoms with Gasteiger partial charge in [-0.1, -0.05) is 0 Å². The molecule has 1 aliphatic heterocycles. The molecule has 1 saturated heterocycles. The van der Waals surface area contributed by atoms with Crippen LogP contribution in [-0.4, -0.2) is 39.7 Å². The van der Waals surface area contributed by atoms with Crippen molar-refractivity contribution in [2.24, 2.45) is 0 Å². The summed E-state index contributed by atoms with van der Waals surface area (Å²) < 4.78 is 8.26. The highest BCUT2D eigenvalue weighted by Gasteiger charge is 2.22. The number of aromatic nitrogens is 2. The molecule has 2 aromatic rings. The lowest BCUT2D eigenvalue weighted by atomic mass is 10.0. The largest absolute Gasteiger partial charge is 0.354 e. The fourth-order valence-corrected chi connectivity index (χ4v) is 3.16. The molecule has 0 saturated carbocycles. The second kappa shape index (κ2) is 7.39. The lowest BCUT2D eigenvalue weighted by Crippen LogP contribution is -2.44. The number of rotatable bonds is 4. The Morgan fingerprint density at radius 1 is 1.21 bits per heavy atom. The molecule has 1 aromatic carbocycles. The number of nitrogens with zero attached hydrogens (tertiary/aromatic N) is 3. The van der Waals surface area contributed by atoms with E-state index in [9.17, 15) is 9.59 Å². The average molecular weight is 345 g/mol. The first-order chi connectivity index (χ1) is 11.6. The SMILES string of the molecule is CC(=O)Nc1ccc(C(=O)NC2CCN(c3cnsn3)CC2)cc1. The van der Waals surface area contributed by atoms with Crippen molar-refractivity contribution in [2.45, 2.75) is 25.8 Å². The lowest BCUT2D eigenvalue weighted by molar-refractivity contribution is -0.114. The Morgan fingerprint density at radius 2 is 1.92 bits per heavy atom. The van der Waals surface area contributed by atoms with E-state index >= 15 is 0 Å². The van der Waals surface area contributed by atoms with E-state index in [-0.39, 0.29) is 17.9 Å². The van der Waals surface area contributed by atoms with E-state index in [1.165, 1.54) is 18.7 Å². The van der Waals surface area contributed by atoms with E-state index in [1.54, 1.807) is 30.5 Å². The molecule has 1 aliphatic rings. The van der Waals surface area contributed by atoms with Gasteiger partial charge in [0.2, 0.25) is 5.91 Å². The molecule has 1 aromatic heterocycles. The number of carbonyl (C=O) groups excluding carboxylic acids is 2. The molecule has 2 heterocycles. The monoisotopic (exact) mass is 345 g/mol. The van der Waals surface area contributed by atoms with Gasteiger partial charge in [-0.15, -0.1) is 0 Å². The van der Waals surface area contributed by atoms with Gasteiger partial charge in [0.25, 0.3) is 5.91 Å². The van der Waals surface area contributed by atoms with E-state index in [2.05, 4.69) is 24.3 Å². The summed E-state index contributed by atoms with van der Waals surface area (Å²) in [4.78, 5) is 25.5. The molecule has 1 fully saturated rings. The van der Waals surface area contributed by atoms with Crippen molar-refractivity contribution in [3.8, 4) is 0 Å². The van der Waals surface area contributed by atoms with E-state index < -0.39 is 0 Å². The quantitative estimate of drug-likeness (QED) is 0.884. The summed E-state index contributed by atoms with van der Waals surface area (Å²) in [5.74, 6) is 0.700. The number of hydrogen-bond donors (Lipinski definition) is 2. The van der Waals surface area contributed by atoms with Crippen LogP contribution < -0.4 is 15.5 Å². The maximum absolute atomic E-state index is 12.3. The van der Waals surface area contributed by atoms with Crippen molar-refractivity contribution in [2.75, 3.05) is 23.3 Å².